The quantitative estimate of drug-likeness (QED) is 0.746. The zero-order valence-electron chi connectivity index (χ0n) is 10.4. The van der Waals surface area contributed by atoms with Crippen LogP contribution in [0, 0.1) is 17.5 Å². The highest BCUT2D eigenvalue weighted by Crippen LogP contribution is 2.18. The first-order valence-electron chi connectivity index (χ1n) is 5.87. The van der Waals surface area contributed by atoms with Crippen molar-refractivity contribution in [3.8, 4) is 5.69 Å². The minimum absolute atomic E-state index is 0.0700. The van der Waals surface area contributed by atoms with Gasteiger partial charge in [-0.25, -0.2) is 13.2 Å². The van der Waals surface area contributed by atoms with E-state index in [1.54, 1.807) is 0 Å². The lowest BCUT2D eigenvalue weighted by molar-refractivity contribution is 0.578. The van der Waals surface area contributed by atoms with Crippen molar-refractivity contribution in [1.29, 1.82) is 0 Å². The minimum Gasteiger partial charge on any atom is -0.305 e. The van der Waals surface area contributed by atoms with E-state index in [-0.39, 0.29) is 16.7 Å². The number of pyridine rings is 2. The molecule has 4 nitrogen and oxygen atoms in total. The van der Waals surface area contributed by atoms with Crippen molar-refractivity contribution < 1.29 is 13.2 Å². The Morgan fingerprint density at radius 3 is 2.43 bits per heavy atom. The average molecular weight is 292 g/mol. The third kappa shape index (κ3) is 2.12. The van der Waals surface area contributed by atoms with Crippen LogP contribution in [0.25, 0.3) is 16.7 Å². The van der Waals surface area contributed by atoms with Gasteiger partial charge in [0.1, 0.15) is 17.3 Å². The number of benzene rings is 1. The summed E-state index contributed by atoms with van der Waals surface area (Å²) < 4.78 is 41.2. The van der Waals surface area contributed by atoms with Crippen LogP contribution < -0.4 is 11.0 Å². The van der Waals surface area contributed by atoms with E-state index in [0.29, 0.717) is 6.07 Å². The summed E-state index contributed by atoms with van der Waals surface area (Å²) in [6.07, 6.45) is 1.22. The van der Waals surface area contributed by atoms with Gasteiger partial charge in [-0.3, -0.25) is 14.2 Å². The van der Waals surface area contributed by atoms with E-state index in [9.17, 15) is 22.8 Å². The Hall–Kier alpha value is -2.83. The molecule has 0 amide bonds. The predicted molar refractivity (Wildman–Crippen MR) is 70.0 cm³/mol. The van der Waals surface area contributed by atoms with Gasteiger partial charge < -0.3 is 4.98 Å². The highest BCUT2D eigenvalue weighted by atomic mass is 19.1. The predicted octanol–water partition coefficient (Wildman–Crippen LogP) is 2.10. The fraction of sp³-hybridized carbons (Fsp3) is 0. The molecule has 0 unspecified atom stereocenters. The number of H-pyrrole nitrogens is 1. The van der Waals surface area contributed by atoms with Crippen LogP contribution in [0.3, 0.4) is 0 Å². The lowest BCUT2D eigenvalue weighted by Crippen LogP contribution is -2.17. The van der Waals surface area contributed by atoms with Crippen molar-refractivity contribution in [1.82, 2.24) is 9.55 Å². The molecule has 0 radical (unpaired) electrons. The number of fused-ring (bicyclic) bond motifs is 1. The fourth-order valence-corrected chi connectivity index (χ4v) is 2.06. The summed E-state index contributed by atoms with van der Waals surface area (Å²) in [5.74, 6) is -2.76. The molecule has 0 saturated carbocycles. The summed E-state index contributed by atoms with van der Waals surface area (Å²) >= 11 is 0. The van der Waals surface area contributed by atoms with Crippen LogP contribution in [-0.4, -0.2) is 9.55 Å². The molecule has 7 heteroatoms. The average Bonchev–Trinajstić information content (AvgIpc) is 2.43. The maximum absolute atomic E-state index is 13.8. The Bertz CT molecular complexity index is 976. The molecule has 3 rings (SSSR count). The lowest BCUT2D eigenvalue weighted by Gasteiger charge is -2.11. The molecule has 0 aliphatic heterocycles. The van der Waals surface area contributed by atoms with Crippen molar-refractivity contribution in [2.45, 2.75) is 0 Å². The summed E-state index contributed by atoms with van der Waals surface area (Å²) in [5.41, 5.74) is -1.72. The Balaban J connectivity index is 2.43. The number of hydrogen-bond acceptors (Lipinski definition) is 2. The van der Waals surface area contributed by atoms with Crippen LogP contribution in [0.1, 0.15) is 0 Å². The van der Waals surface area contributed by atoms with Crippen molar-refractivity contribution in [3.05, 3.63) is 74.6 Å². The van der Waals surface area contributed by atoms with Crippen LogP contribution in [-0.2, 0) is 0 Å². The smallest absolute Gasteiger partial charge is 0.285 e. The second-order valence-electron chi connectivity index (χ2n) is 4.35. The number of nitrogens with one attached hydrogen (secondary N) is 1. The molecule has 2 heterocycles. The number of aromatic nitrogens is 2. The van der Waals surface area contributed by atoms with E-state index in [0.717, 1.165) is 28.8 Å². The Morgan fingerprint density at radius 2 is 1.71 bits per heavy atom. The molecular formula is C14H7F3N2O2. The molecule has 21 heavy (non-hydrogen) atoms. The van der Waals surface area contributed by atoms with Crippen LogP contribution >= 0.6 is 0 Å². The van der Waals surface area contributed by atoms with Gasteiger partial charge in [-0.15, -0.1) is 0 Å². The molecule has 1 aromatic carbocycles. The maximum Gasteiger partial charge on any atom is 0.285 e. The van der Waals surface area contributed by atoms with E-state index < -0.39 is 28.4 Å². The minimum atomic E-state index is -1.11. The molecule has 0 spiro atoms. The summed E-state index contributed by atoms with van der Waals surface area (Å²) in [4.78, 5) is 25.3. The third-order valence-electron chi connectivity index (χ3n) is 3.03. The van der Waals surface area contributed by atoms with Crippen molar-refractivity contribution in [2.75, 3.05) is 0 Å². The second-order valence-corrected chi connectivity index (χ2v) is 4.35. The van der Waals surface area contributed by atoms with Crippen LogP contribution in [0.15, 0.2) is 46.1 Å². The van der Waals surface area contributed by atoms with Crippen LogP contribution in [0.2, 0.25) is 0 Å². The first-order valence-corrected chi connectivity index (χ1v) is 5.87. The number of aromatic amines is 1. The second kappa shape index (κ2) is 4.62. The summed E-state index contributed by atoms with van der Waals surface area (Å²) in [5, 5.41) is -0.113. The first-order chi connectivity index (χ1) is 9.97. The van der Waals surface area contributed by atoms with Gasteiger partial charge in [0.05, 0.1) is 11.1 Å². The topological polar surface area (TPSA) is 54.9 Å². The Kier molecular flexibility index (Phi) is 2.90. The van der Waals surface area contributed by atoms with Crippen LogP contribution in [0.5, 0.6) is 0 Å². The maximum atomic E-state index is 13.8. The molecule has 0 aliphatic carbocycles. The van der Waals surface area contributed by atoms with E-state index in [1.165, 1.54) is 6.20 Å². The van der Waals surface area contributed by atoms with Gasteiger partial charge >= 0.3 is 0 Å². The molecule has 3 aromatic rings. The van der Waals surface area contributed by atoms with Crippen molar-refractivity contribution in [3.63, 3.8) is 0 Å². The molecule has 106 valence electrons. The summed E-state index contributed by atoms with van der Waals surface area (Å²) in [6.45, 7) is 0. The van der Waals surface area contributed by atoms with Gasteiger partial charge in [0.15, 0.2) is 11.2 Å². The Morgan fingerprint density at radius 1 is 0.952 bits per heavy atom. The highest BCUT2D eigenvalue weighted by molar-refractivity contribution is 5.76. The zero-order valence-corrected chi connectivity index (χ0v) is 10.4. The van der Waals surface area contributed by atoms with Gasteiger partial charge in [-0.1, -0.05) is 0 Å². The SMILES string of the molecule is O=c1[nH]c2c(cc1F)c(=O)ccn2-c1ccc(F)cc1F. The molecule has 0 fully saturated rings. The van der Waals surface area contributed by atoms with Gasteiger partial charge in [-0.2, -0.15) is 0 Å². The number of halogens is 3. The number of hydrogen-bond donors (Lipinski definition) is 1. The largest absolute Gasteiger partial charge is 0.305 e. The first kappa shape index (κ1) is 13.2. The monoisotopic (exact) mass is 292 g/mol. The van der Waals surface area contributed by atoms with Gasteiger partial charge in [0, 0.05) is 18.3 Å². The van der Waals surface area contributed by atoms with E-state index in [1.807, 2.05) is 0 Å². The molecule has 2 aromatic heterocycles. The van der Waals surface area contributed by atoms with E-state index in [2.05, 4.69) is 4.98 Å². The van der Waals surface area contributed by atoms with Crippen molar-refractivity contribution in [2.24, 2.45) is 0 Å². The van der Waals surface area contributed by atoms with Crippen LogP contribution in [0.4, 0.5) is 13.2 Å². The normalized spacial score (nSPS) is 11.0. The van der Waals surface area contributed by atoms with Gasteiger partial charge in [-0.05, 0) is 18.2 Å². The molecule has 0 saturated heterocycles. The third-order valence-corrected chi connectivity index (χ3v) is 3.03. The van der Waals surface area contributed by atoms with Crippen molar-refractivity contribution >= 4 is 11.0 Å². The molecule has 0 bridgehead atoms. The fourth-order valence-electron chi connectivity index (χ4n) is 2.06. The summed E-state index contributed by atoms with van der Waals surface area (Å²) in [6, 6.07) is 4.73. The van der Waals surface area contributed by atoms with Gasteiger partial charge in [0.2, 0.25) is 0 Å². The van der Waals surface area contributed by atoms with E-state index >= 15 is 0 Å². The standard InChI is InChI=1S/C14H7F3N2O2/c15-7-1-2-11(9(16)5-7)19-4-3-12(20)8-6-10(17)14(21)18-13(8)19/h1-6H,(H,18,21). The zero-order chi connectivity index (χ0) is 15.1. The number of rotatable bonds is 1. The highest BCUT2D eigenvalue weighted by Gasteiger charge is 2.12. The summed E-state index contributed by atoms with van der Waals surface area (Å²) in [7, 11) is 0. The molecule has 1 N–H and O–H groups in total. The van der Waals surface area contributed by atoms with Gasteiger partial charge in [0.25, 0.3) is 5.56 Å². The lowest BCUT2D eigenvalue weighted by atomic mass is 10.2. The number of nitrogens with zero attached hydrogens (tertiary/aromatic N) is 1. The molecule has 0 atom stereocenters. The molecule has 0 aliphatic rings. The molecular weight excluding hydrogens is 285 g/mol. The van der Waals surface area contributed by atoms with E-state index in [4.69, 9.17) is 0 Å². The Labute approximate surface area is 115 Å².